The van der Waals surface area contributed by atoms with Crippen LogP contribution in [0.2, 0.25) is 0 Å². The van der Waals surface area contributed by atoms with Crippen LogP contribution in [0.15, 0.2) is 36.4 Å². The number of hydrogen-bond donors (Lipinski definition) is 0. The lowest BCUT2D eigenvalue weighted by molar-refractivity contribution is -0.151. The van der Waals surface area contributed by atoms with E-state index in [0.717, 1.165) is 11.1 Å². The molecule has 7 nitrogen and oxygen atoms in total. The maximum absolute atomic E-state index is 11.8. The molecule has 30 heavy (non-hydrogen) atoms. The predicted octanol–water partition coefficient (Wildman–Crippen LogP) is 4.54. The minimum Gasteiger partial charge on any atom is -0.493 e. The van der Waals surface area contributed by atoms with Crippen molar-refractivity contribution >= 4 is 12.0 Å². The van der Waals surface area contributed by atoms with Crippen molar-refractivity contribution in [1.82, 2.24) is 0 Å². The smallest absolute Gasteiger partial charge is 0.303 e. The van der Waals surface area contributed by atoms with E-state index < -0.39 is 18.2 Å². The highest BCUT2D eigenvalue weighted by atomic mass is 16.7. The molecule has 0 saturated carbocycles. The molecule has 0 radical (unpaired) electrons. The second-order valence-electron chi connectivity index (χ2n) is 6.72. The first-order valence-corrected chi connectivity index (χ1v) is 9.59. The van der Waals surface area contributed by atoms with E-state index in [1.54, 1.807) is 26.4 Å². The highest BCUT2D eigenvalue weighted by Crippen LogP contribution is 2.42. The van der Waals surface area contributed by atoms with Gasteiger partial charge in [-0.1, -0.05) is 18.2 Å². The second-order valence-corrected chi connectivity index (χ2v) is 6.72. The SMILES string of the molecule is C/C=C/c1cc(OC)c(O[C@H](C)[C@@H](OC(C)=O)c2ccc3c(c2)OCO3)c(OC)c1. The number of methoxy groups -OCH3 is 2. The van der Waals surface area contributed by atoms with Crippen LogP contribution in [0, 0.1) is 0 Å². The summed E-state index contributed by atoms with van der Waals surface area (Å²) in [7, 11) is 3.13. The lowest BCUT2D eigenvalue weighted by Crippen LogP contribution is -2.26. The third kappa shape index (κ3) is 4.62. The van der Waals surface area contributed by atoms with Gasteiger partial charge in [0.2, 0.25) is 12.5 Å². The van der Waals surface area contributed by atoms with E-state index in [-0.39, 0.29) is 6.79 Å². The van der Waals surface area contributed by atoms with Gasteiger partial charge in [0, 0.05) is 12.5 Å². The topological polar surface area (TPSA) is 72.5 Å². The van der Waals surface area contributed by atoms with Gasteiger partial charge in [0.25, 0.3) is 0 Å². The monoisotopic (exact) mass is 414 g/mol. The van der Waals surface area contributed by atoms with Gasteiger partial charge in [0.15, 0.2) is 29.1 Å². The standard InChI is InChI=1S/C23H26O7/c1-6-7-16-10-20(25-4)23(21(11-16)26-5)29-14(2)22(30-15(3)24)17-8-9-18-19(12-17)28-13-27-18/h6-12,14,22H,13H2,1-5H3/b7-6+/t14-,22-/m1/s1. The van der Waals surface area contributed by atoms with E-state index in [0.29, 0.717) is 28.7 Å². The molecular formula is C23H26O7. The highest BCUT2D eigenvalue weighted by Gasteiger charge is 2.28. The van der Waals surface area contributed by atoms with Crippen LogP contribution in [-0.4, -0.2) is 33.1 Å². The van der Waals surface area contributed by atoms with Crippen LogP contribution >= 0.6 is 0 Å². The van der Waals surface area contributed by atoms with E-state index in [4.69, 9.17) is 28.4 Å². The van der Waals surface area contributed by atoms with Crippen molar-refractivity contribution in [2.24, 2.45) is 0 Å². The molecule has 3 rings (SSSR count). The molecule has 1 aliphatic heterocycles. The van der Waals surface area contributed by atoms with Crippen molar-refractivity contribution in [3.05, 3.63) is 47.5 Å². The van der Waals surface area contributed by atoms with Crippen LogP contribution in [0.4, 0.5) is 0 Å². The number of carbonyl (C=O) groups is 1. The molecule has 2 atom stereocenters. The number of allylic oxidation sites excluding steroid dienone is 1. The van der Waals surface area contributed by atoms with Gasteiger partial charge in [-0.25, -0.2) is 0 Å². The fourth-order valence-electron chi connectivity index (χ4n) is 3.26. The van der Waals surface area contributed by atoms with Gasteiger partial charge in [-0.2, -0.15) is 0 Å². The van der Waals surface area contributed by atoms with E-state index in [1.807, 2.05) is 44.2 Å². The molecule has 0 amide bonds. The zero-order valence-electron chi connectivity index (χ0n) is 17.8. The summed E-state index contributed by atoms with van der Waals surface area (Å²) in [5.41, 5.74) is 1.64. The number of carbonyl (C=O) groups excluding carboxylic acids is 1. The van der Waals surface area contributed by atoms with Crippen molar-refractivity contribution in [2.45, 2.75) is 33.0 Å². The van der Waals surface area contributed by atoms with Gasteiger partial charge in [-0.3, -0.25) is 4.79 Å². The first-order chi connectivity index (χ1) is 14.5. The summed E-state index contributed by atoms with van der Waals surface area (Å²) >= 11 is 0. The fraction of sp³-hybridized carbons (Fsp3) is 0.348. The Hall–Kier alpha value is -3.35. The summed E-state index contributed by atoms with van der Waals surface area (Å²) in [6, 6.07) is 9.11. The molecule has 2 aromatic rings. The van der Waals surface area contributed by atoms with Gasteiger partial charge < -0.3 is 28.4 Å². The first kappa shape index (κ1) is 21.4. The largest absolute Gasteiger partial charge is 0.493 e. The van der Waals surface area contributed by atoms with Crippen LogP contribution in [0.3, 0.4) is 0 Å². The van der Waals surface area contributed by atoms with Crippen molar-refractivity contribution < 1.29 is 33.2 Å². The number of ether oxygens (including phenoxy) is 6. The molecule has 0 unspecified atom stereocenters. The number of fused-ring (bicyclic) bond motifs is 1. The van der Waals surface area contributed by atoms with Gasteiger partial charge in [-0.15, -0.1) is 0 Å². The third-order valence-electron chi connectivity index (χ3n) is 4.59. The maximum Gasteiger partial charge on any atom is 0.303 e. The third-order valence-corrected chi connectivity index (χ3v) is 4.59. The highest BCUT2D eigenvalue weighted by molar-refractivity contribution is 5.66. The van der Waals surface area contributed by atoms with E-state index in [9.17, 15) is 4.79 Å². The molecule has 0 spiro atoms. The Morgan fingerprint density at radius 2 is 1.73 bits per heavy atom. The maximum atomic E-state index is 11.8. The Bertz CT molecular complexity index is 910. The molecule has 7 heteroatoms. The zero-order chi connectivity index (χ0) is 21.7. The summed E-state index contributed by atoms with van der Waals surface area (Å²) in [6.45, 7) is 5.27. The van der Waals surface area contributed by atoms with Gasteiger partial charge >= 0.3 is 5.97 Å². The predicted molar refractivity (Wildman–Crippen MR) is 111 cm³/mol. The number of hydrogen-bond acceptors (Lipinski definition) is 7. The van der Waals surface area contributed by atoms with Crippen LogP contribution in [0.1, 0.15) is 38.0 Å². The average molecular weight is 414 g/mol. The van der Waals surface area contributed by atoms with E-state index in [2.05, 4.69) is 0 Å². The van der Waals surface area contributed by atoms with Crippen molar-refractivity contribution in [3.63, 3.8) is 0 Å². The quantitative estimate of drug-likeness (QED) is 0.587. The minimum atomic E-state index is -0.679. The van der Waals surface area contributed by atoms with Crippen LogP contribution in [0.25, 0.3) is 6.08 Å². The molecule has 0 saturated heterocycles. The lowest BCUT2D eigenvalue weighted by atomic mass is 10.0. The molecule has 0 N–H and O–H groups in total. The molecule has 0 aliphatic carbocycles. The summed E-state index contributed by atoms with van der Waals surface area (Å²) in [5, 5.41) is 0. The Balaban J connectivity index is 1.94. The van der Waals surface area contributed by atoms with E-state index >= 15 is 0 Å². The first-order valence-electron chi connectivity index (χ1n) is 9.59. The summed E-state index contributed by atoms with van der Waals surface area (Å²) in [6.07, 6.45) is 2.63. The average Bonchev–Trinajstić information content (AvgIpc) is 3.20. The number of benzene rings is 2. The molecule has 0 fully saturated rings. The normalized spacial score (nSPS) is 14.3. The van der Waals surface area contributed by atoms with Gasteiger partial charge in [0.1, 0.15) is 6.10 Å². The molecule has 1 aliphatic rings. The Labute approximate surface area is 176 Å². The molecule has 0 bridgehead atoms. The van der Waals surface area contributed by atoms with Crippen LogP contribution in [0.5, 0.6) is 28.7 Å². The Morgan fingerprint density at radius 1 is 1.07 bits per heavy atom. The fourth-order valence-corrected chi connectivity index (χ4v) is 3.26. The van der Waals surface area contributed by atoms with Crippen LogP contribution in [-0.2, 0) is 9.53 Å². The van der Waals surface area contributed by atoms with Crippen LogP contribution < -0.4 is 23.7 Å². The molecule has 160 valence electrons. The summed E-state index contributed by atoms with van der Waals surface area (Å²) < 4.78 is 33.6. The van der Waals surface area contributed by atoms with Crippen molar-refractivity contribution in [2.75, 3.05) is 21.0 Å². The second kappa shape index (κ2) is 9.43. The van der Waals surface area contributed by atoms with Gasteiger partial charge in [-0.05, 0) is 43.7 Å². The summed E-state index contributed by atoms with van der Waals surface area (Å²) in [4.78, 5) is 11.8. The number of rotatable bonds is 8. The molecular weight excluding hydrogens is 388 g/mol. The Kier molecular flexibility index (Phi) is 6.72. The summed E-state index contributed by atoms with van der Waals surface area (Å²) in [5.74, 6) is 2.29. The lowest BCUT2D eigenvalue weighted by Gasteiger charge is -2.26. The van der Waals surface area contributed by atoms with E-state index in [1.165, 1.54) is 6.92 Å². The molecule has 0 aromatic heterocycles. The van der Waals surface area contributed by atoms with Crippen molar-refractivity contribution in [3.8, 4) is 28.7 Å². The Morgan fingerprint density at radius 3 is 2.33 bits per heavy atom. The zero-order valence-corrected chi connectivity index (χ0v) is 17.8. The molecule has 2 aromatic carbocycles. The minimum absolute atomic E-state index is 0.163. The van der Waals surface area contributed by atoms with Crippen molar-refractivity contribution in [1.29, 1.82) is 0 Å². The van der Waals surface area contributed by atoms with Gasteiger partial charge in [0.05, 0.1) is 14.2 Å². The molecule has 1 heterocycles. The number of esters is 1.